The number of ether oxygens (including phenoxy) is 1. The van der Waals surface area contributed by atoms with E-state index >= 15 is 0 Å². The summed E-state index contributed by atoms with van der Waals surface area (Å²) in [5.41, 5.74) is 1.73. The second-order valence-electron chi connectivity index (χ2n) is 5.35. The molecular weight excluding hydrogens is 350 g/mol. The van der Waals surface area contributed by atoms with Gasteiger partial charge in [-0.05, 0) is 29.8 Å². The highest BCUT2D eigenvalue weighted by Crippen LogP contribution is 2.30. The van der Waals surface area contributed by atoms with Crippen LogP contribution in [0.25, 0.3) is 0 Å². The molecule has 1 heterocycles. The first-order valence-electron chi connectivity index (χ1n) is 7.38. The van der Waals surface area contributed by atoms with Crippen molar-refractivity contribution in [2.75, 3.05) is 0 Å². The van der Waals surface area contributed by atoms with Crippen LogP contribution in [0.5, 0.6) is 0 Å². The summed E-state index contributed by atoms with van der Waals surface area (Å²) in [6.45, 7) is 0.904. The van der Waals surface area contributed by atoms with Gasteiger partial charge in [0.2, 0.25) is 0 Å². The van der Waals surface area contributed by atoms with Crippen LogP contribution in [0.2, 0.25) is 10.0 Å². The van der Waals surface area contributed by atoms with Gasteiger partial charge >= 0.3 is 0 Å². The van der Waals surface area contributed by atoms with Crippen molar-refractivity contribution in [3.63, 3.8) is 0 Å². The Morgan fingerprint density at radius 2 is 1.92 bits per heavy atom. The van der Waals surface area contributed by atoms with Crippen molar-refractivity contribution in [2.24, 2.45) is 0 Å². The van der Waals surface area contributed by atoms with Gasteiger partial charge in [0.25, 0.3) is 0 Å². The highest BCUT2D eigenvalue weighted by Gasteiger charge is 2.17. The van der Waals surface area contributed by atoms with E-state index in [4.69, 9.17) is 27.9 Å². The minimum Gasteiger partial charge on any atom is -0.367 e. The Balaban J connectivity index is 1.80. The van der Waals surface area contributed by atoms with E-state index in [-0.39, 0.29) is 11.9 Å². The smallest absolute Gasteiger partial charge is 0.123 e. The molecule has 24 heavy (non-hydrogen) atoms. The lowest BCUT2D eigenvalue weighted by Gasteiger charge is -2.20. The monoisotopic (exact) mass is 364 g/mol. The molecule has 0 amide bonds. The molecule has 0 N–H and O–H groups in total. The van der Waals surface area contributed by atoms with Crippen LogP contribution in [-0.2, 0) is 17.9 Å². The first kappa shape index (κ1) is 17.0. The average Bonchev–Trinajstić information content (AvgIpc) is 3.06. The summed E-state index contributed by atoms with van der Waals surface area (Å²) < 4.78 is 21.0. The van der Waals surface area contributed by atoms with Gasteiger partial charge in [0.15, 0.2) is 0 Å². The molecule has 0 aliphatic heterocycles. The highest BCUT2D eigenvalue weighted by molar-refractivity contribution is 6.35. The largest absolute Gasteiger partial charge is 0.367 e. The molecule has 3 rings (SSSR count). The van der Waals surface area contributed by atoms with Crippen LogP contribution in [0, 0.1) is 5.82 Å². The molecule has 0 bridgehead atoms. The number of rotatable bonds is 6. The number of halogens is 3. The molecule has 1 unspecified atom stereocenters. The first-order chi connectivity index (χ1) is 11.6. The van der Waals surface area contributed by atoms with E-state index in [0.717, 1.165) is 11.1 Å². The van der Waals surface area contributed by atoms with Gasteiger partial charge in [-0.1, -0.05) is 41.4 Å². The lowest BCUT2D eigenvalue weighted by Crippen LogP contribution is -2.12. The van der Waals surface area contributed by atoms with Crippen LogP contribution >= 0.6 is 23.2 Å². The summed E-state index contributed by atoms with van der Waals surface area (Å²) in [6.07, 6.45) is 5.01. The third-order valence-corrected chi connectivity index (χ3v) is 4.17. The maximum Gasteiger partial charge on any atom is 0.123 e. The highest BCUT2D eigenvalue weighted by atomic mass is 35.5. The number of aromatic nitrogens is 2. The molecular formula is C18H15Cl2FN2O. The molecule has 3 nitrogen and oxygen atoms in total. The minimum absolute atomic E-state index is 0.269. The third-order valence-electron chi connectivity index (χ3n) is 3.61. The maximum atomic E-state index is 13.0. The number of hydrogen-bond donors (Lipinski definition) is 0. The summed E-state index contributed by atoms with van der Waals surface area (Å²) in [4.78, 5) is 4.05. The van der Waals surface area contributed by atoms with Crippen LogP contribution in [0.15, 0.2) is 61.2 Å². The SMILES string of the molecule is Fc1ccc(COC(Cn2ccnc2)c2ccc(Cl)cc2Cl)cc1. The molecule has 2 aromatic carbocycles. The molecule has 1 atom stereocenters. The Morgan fingerprint density at radius 3 is 2.58 bits per heavy atom. The zero-order valence-corrected chi connectivity index (χ0v) is 14.2. The van der Waals surface area contributed by atoms with Gasteiger partial charge in [0, 0.05) is 28.0 Å². The van der Waals surface area contributed by atoms with E-state index in [2.05, 4.69) is 4.98 Å². The van der Waals surface area contributed by atoms with Crippen molar-refractivity contribution in [1.29, 1.82) is 0 Å². The van der Waals surface area contributed by atoms with E-state index in [9.17, 15) is 4.39 Å². The number of nitrogens with zero attached hydrogens (tertiary/aromatic N) is 2. The third kappa shape index (κ3) is 4.35. The minimum atomic E-state index is -0.283. The maximum absolute atomic E-state index is 13.0. The summed E-state index contributed by atoms with van der Waals surface area (Å²) in [5.74, 6) is -0.269. The Bertz CT molecular complexity index is 791. The predicted molar refractivity (Wildman–Crippen MR) is 92.6 cm³/mol. The predicted octanol–water partition coefficient (Wildman–Crippen LogP) is 5.29. The zero-order valence-electron chi connectivity index (χ0n) is 12.7. The van der Waals surface area contributed by atoms with Gasteiger partial charge in [-0.3, -0.25) is 0 Å². The lowest BCUT2D eigenvalue weighted by molar-refractivity contribution is 0.0280. The second-order valence-corrected chi connectivity index (χ2v) is 6.20. The molecule has 0 radical (unpaired) electrons. The van der Waals surface area contributed by atoms with Crippen LogP contribution < -0.4 is 0 Å². The molecule has 3 aromatic rings. The number of hydrogen-bond acceptors (Lipinski definition) is 2. The standard InChI is InChI=1S/C18H15Cl2FN2O/c19-14-3-6-16(17(20)9-14)18(10-23-8-7-22-12-23)24-11-13-1-4-15(21)5-2-13/h1-9,12,18H,10-11H2. The molecule has 6 heteroatoms. The molecule has 0 saturated heterocycles. The summed E-state index contributed by atoms with van der Waals surface area (Å²) in [6, 6.07) is 11.6. The van der Waals surface area contributed by atoms with Crippen LogP contribution in [0.4, 0.5) is 4.39 Å². The van der Waals surface area contributed by atoms with E-state index in [1.165, 1.54) is 12.1 Å². The van der Waals surface area contributed by atoms with Crippen molar-refractivity contribution in [3.8, 4) is 0 Å². The topological polar surface area (TPSA) is 27.1 Å². The van der Waals surface area contributed by atoms with Crippen molar-refractivity contribution < 1.29 is 9.13 Å². The Kier molecular flexibility index (Phi) is 5.51. The van der Waals surface area contributed by atoms with Gasteiger partial charge < -0.3 is 9.30 Å². The van der Waals surface area contributed by atoms with Crippen LogP contribution in [-0.4, -0.2) is 9.55 Å². The lowest BCUT2D eigenvalue weighted by atomic mass is 10.1. The fraction of sp³-hybridized carbons (Fsp3) is 0.167. The van der Waals surface area contributed by atoms with Gasteiger partial charge in [-0.15, -0.1) is 0 Å². The van der Waals surface area contributed by atoms with Gasteiger partial charge in [-0.2, -0.15) is 0 Å². The van der Waals surface area contributed by atoms with Crippen LogP contribution in [0.3, 0.4) is 0 Å². The Labute approximate surface area is 149 Å². The van der Waals surface area contributed by atoms with Gasteiger partial charge in [0.1, 0.15) is 11.9 Å². The summed E-state index contributed by atoms with van der Waals surface area (Å²) >= 11 is 12.3. The molecule has 0 fully saturated rings. The van der Waals surface area contributed by atoms with E-state index < -0.39 is 0 Å². The van der Waals surface area contributed by atoms with E-state index in [1.54, 1.807) is 36.8 Å². The summed E-state index contributed by atoms with van der Waals surface area (Å²) in [5, 5.41) is 1.12. The van der Waals surface area contributed by atoms with Gasteiger partial charge in [-0.25, -0.2) is 9.37 Å². The van der Waals surface area contributed by atoms with Crippen molar-refractivity contribution in [3.05, 3.63) is 88.2 Å². The van der Waals surface area contributed by atoms with E-state index in [1.807, 2.05) is 16.8 Å². The number of benzene rings is 2. The first-order valence-corrected chi connectivity index (χ1v) is 8.14. The van der Waals surface area contributed by atoms with Crippen molar-refractivity contribution in [2.45, 2.75) is 19.3 Å². The summed E-state index contributed by atoms with van der Waals surface area (Å²) in [7, 11) is 0. The van der Waals surface area contributed by atoms with Crippen molar-refractivity contribution in [1.82, 2.24) is 9.55 Å². The molecule has 0 spiro atoms. The van der Waals surface area contributed by atoms with Crippen LogP contribution in [0.1, 0.15) is 17.2 Å². The van der Waals surface area contributed by atoms with Gasteiger partial charge in [0.05, 0.1) is 19.5 Å². The fourth-order valence-corrected chi connectivity index (χ4v) is 2.90. The van der Waals surface area contributed by atoms with E-state index in [0.29, 0.717) is 23.2 Å². The molecule has 124 valence electrons. The quantitative estimate of drug-likeness (QED) is 0.594. The Hall–Kier alpha value is -1.88. The molecule has 0 aliphatic carbocycles. The average molecular weight is 365 g/mol. The molecule has 0 saturated carbocycles. The fourth-order valence-electron chi connectivity index (χ4n) is 2.37. The normalized spacial score (nSPS) is 12.3. The number of imidazole rings is 1. The van der Waals surface area contributed by atoms with Crippen molar-refractivity contribution >= 4 is 23.2 Å². The second kappa shape index (κ2) is 7.79. The Morgan fingerprint density at radius 1 is 1.12 bits per heavy atom. The molecule has 1 aromatic heterocycles. The molecule has 0 aliphatic rings. The zero-order chi connectivity index (χ0) is 16.9.